The Bertz CT molecular complexity index is 266. The van der Waals surface area contributed by atoms with Crippen molar-refractivity contribution in [1.82, 2.24) is 4.90 Å². The molecule has 0 bridgehead atoms. The predicted octanol–water partition coefficient (Wildman–Crippen LogP) is -2.28. The third-order valence-electron chi connectivity index (χ3n) is 2.50. The minimum atomic E-state index is -1.24. The normalized spacial score (nSPS) is 11.9. The smallest absolute Gasteiger partial charge is 0.548 e. The second-order valence-electron chi connectivity index (χ2n) is 3.84. The summed E-state index contributed by atoms with van der Waals surface area (Å²) in [5.41, 5.74) is 0. The van der Waals surface area contributed by atoms with E-state index < -0.39 is 12.0 Å². The number of amides is 1. The number of carboxylic acids is 1. The maximum atomic E-state index is 11.5. The van der Waals surface area contributed by atoms with Crippen LogP contribution in [0.4, 0.5) is 0 Å². The zero-order chi connectivity index (χ0) is 12.6. The van der Waals surface area contributed by atoms with Crippen molar-refractivity contribution < 1.29 is 66.1 Å². The van der Waals surface area contributed by atoms with Gasteiger partial charge in [0.1, 0.15) is 0 Å². The Morgan fingerprint density at radius 3 is 2.41 bits per heavy atom. The molecule has 0 saturated carbocycles. The average Bonchev–Trinajstić information content (AvgIpc) is 2.26. The Morgan fingerprint density at radius 1 is 1.35 bits per heavy atom. The summed E-state index contributed by atoms with van der Waals surface area (Å²) in [6.45, 7) is 3.54. The molecular formula is C12H20KNO3. The Balaban J connectivity index is 0. The number of nitrogens with zero attached hydrogens (tertiary/aromatic N) is 1. The minimum Gasteiger partial charge on any atom is -0.548 e. The molecule has 5 heteroatoms. The van der Waals surface area contributed by atoms with Crippen molar-refractivity contribution in [2.45, 2.75) is 45.6 Å². The molecule has 0 radical (unpaired) electrons. The van der Waals surface area contributed by atoms with E-state index in [9.17, 15) is 14.7 Å². The zero-order valence-electron chi connectivity index (χ0n) is 11.2. The second-order valence-corrected chi connectivity index (χ2v) is 3.84. The summed E-state index contributed by atoms with van der Waals surface area (Å²) in [7, 11) is 1.46. The molecule has 0 aromatic carbocycles. The molecule has 0 N–H and O–H groups in total. The number of rotatable bonds is 7. The van der Waals surface area contributed by atoms with E-state index in [1.807, 2.05) is 0 Å². The van der Waals surface area contributed by atoms with Crippen LogP contribution in [0, 0.1) is 0 Å². The molecule has 1 unspecified atom stereocenters. The fourth-order valence-corrected chi connectivity index (χ4v) is 1.16. The van der Waals surface area contributed by atoms with Gasteiger partial charge in [-0.3, -0.25) is 4.79 Å². The van der Waals surface area contributed by atoms with E-state index in [0.29, 0.717) is 0 Å². The first kappa shape index (κ1) is 19.7. The van der Waals surface area contributed by atoms with Gasteiger partial charge in [0.15, 0.2) is 0 Å². The van der Waals surface area contributed by atoms with Gasteiger partial charge in [0.05, 0.1) is 12.0 Å². The molecule has 4 nitrogen and oxygen atoms in total. The molecular weight excluding hydrogens is 245 g/mol. The van der Waals surface area contributed by atoms with Gasteiger partial charge in [-0.2, -0.15) is 0 Å². The molecule has 0 aliphatic heterocycles. The van der Waals surface area contributed by atoms with E-state index >= 15 is 0 Å². The van der Waals surface area contributed by atoms with Gasteiger partial charge in [-0.15, -0.1) is 0 Å². The quantitative estimate of drug-likeness (QED) is 0.296. The Kier molecular flexibility index (Phi) is 13.2. The average molecular weight is 265 g/mol. The summed E-state index contributed by atoms with van der Waals surface area (Å²) >= 11 is 0. The SMILES string of the molecule is CCCCC/C=C/C(=O)N(C)C(C)C(=O)[O-].[K+]. The van der Waals surface area contributed by atoms with Crippen molar-refractivity contribution in [3.63, 3.8) is 0 Å². The van der Waals surface area contributed by atoms with E-state index in [4.69, 9.17) is 0 Å². The second kappa shape index (κ2) is 11.4. The first-order chi connectivity index (χ1) is 7.50. The number of allylic oxidation sites excluding steroid dienone is 1. The topological polar surface area (TPSA) is 60.4 Å². The fourth-order valence-electron chi connectivity index (χ4n) is 1.16. The molecule has 0 aromatic rings. The van der Waals surface area contributed by atoms with Gasteiger partial charge in [-0.1, -0.05) is 25.8 Å². The van der Waals surface area contributed by atoms with Crippen molar-refractivity contribution in [2.24, 2.45) is 0 Å². The maximum Gasteiger partial charge on any atom is 1.00 e. The molecule has 0 aliphatic carbocycles. The molecule has 0 aliphatic rings. The van der Waals surface area contributed by atoms with Gasteiger partial charge >= 0.3 is 51.4 Å². The monoisotopic (exact) mass is 265 g/mol. The molecule has 0 heterocycles. The molecule has 17 heavy (non-hydrogen) atoms. The van der Waals surface area contributed by atoms with Crippen molar-refractivity contribution in [2.75, 3.05) is 7.05 Å². The maximum absolute atomic E-state index is 11.5. The van der Waals surface area contributed by atoms with Crippen molar-refractivity contribution >= 4 is 11.9 Å². The van der Waals surface area contributed by atoms with E-state index in [1.165, 1.54) is 20.0 Å². The molecule has 0 saturated heterocycles. The fraction of sp³-hybridized carbons (Fsp3) is 0.667. The predicted molar refractivity (Wildman–Crippen MR) is 60.5 cm³/mol. The van der Waals surface area contributed by atoms with Crippen LogP contribution in [0.3, 0.4) is 0 Å². The Morgan fingerprint density at radius 2 is 1.94 bits per heavy atom. The zero-order valence-corrected chi connectivity index (χ0v) is 14.4. The standard InChI is InChI=1S/C12H21NO3.K/c1-4-5-6-7-8-9-11(14)13(3)10(2)12(15)16;/h8-10H,4-7H2,1-3H3,(H,15,16);/q;+1/p-1/b9-8+;. The van der Waals surface area contributed by atoms with Gasteiger partial charge in [-0.05, 0) is 25.8 Å². The van der Waals surface area contributed by atoms with Crippen LogP contribution in [-0.2, 0) is 9.59 Å². The summed E-state index contributed by atoms with van der Waals surface area (Å²) in [5.74, 6) is -1.54. The summed E-state index contributed by atoms with van der Waals surface area (Å²) in [4.78, 5) is 23.2. The first-order valence-corrected chi connectivity index (χ1v) is 5.64. The third-order valence-corrected chi connectivity index (χ3v) is 2.50. The molecule has 0 rings (SSSR count). The number of aliphatic carboxylic acids is 1. The van der Waals surface area contributed by atoms with Crippen LogP contribution in [0.25, 0.3) is 0 Å². The van der Waals surface area contributed by atoms with E-state index in [1.54, 1.807) is 6.08 Å². The number of carbonyl (C=O) groups excluding carboxylic acids is 2. The largest absolute Gasteiger partial charge is 1.00 e. The molecule has 0 aromatic heterocycles. The van der Waals surface area contributed by atoms with E-state index in [0.717, 1.165) is 30.6 Å². The van der Waals surface area contributed by atoms with E-state index in [-0.39, 0.29) is 57.3 Å². The number of hydrogen-bond acceptors (Lipinski definition) is 3. The first-order valence-electron chi connectivity index (χ1n) is 5.64. The summed E-state index contributed by atoms with van der Waals surface area (Å²) < 4.78 is 0. The van der Waals surface area contributed by atoms with Crippen LogP contribution >= 0.6 is 0 Å². The van der Waals surface area contributed by atoms with Crippen LogP contribution in [0.1, 0.15) is 39.5 Å². The van der Waals surface area contributed by atoms with Crippen LogP contribution in [0.15, 0.2) is 12.2 Å². The third kappa shape index (κ3) is 8.96. The van der Waals surface area contributed by atoms with Crippen LogP contribution in [0.2, 0.25) is 0 Å². The van der Waals surface area contributed by atoms with Gasteiger partial charge in [0, 0.05) is 7.05 Å². The molecule has 1 atom stereocenters. The molecule has 0 spiro atoms. The molecule has 92 valence electrons. The van der Waals surface area contributed by atoms with Crippen molar-refractivity contribution in [3.05, 3.63) is 12.2 Å². The Labute approximate surface area is 146 Å². The van der Waals surface area contributed by atoms with Gasteiger partial charge in [-0.25, -0.2) is 0 Å². The minimum absolute atomic E-state index is 0. The summed E-state index contributed by atoms with van der Waals surface area (Å²) in [5, 5.41) is 10.5. The van der Waals surface area contributed by atoms with Crippen LogP contribution in [0.5, 0.6) is 0 Å². The number of unbranched alkanes of at least 4 members (excludes halogenated alkanes) is 3. The number of carbonyl (C=O) groups is 2. The number of carboxylic acid groups (broad SMARTS) is 1. The van der Waals surface area contributed by atoms with E-state index in [2.05, 4.69) is 6.92 Å². The number of likely N-dealkylation sites (N-methyl/N-ethyl adjacent to an activating group) is 1. The molecule has 1 amide bonds. The van der Waals surface area contributed by atoms with Crippen molar-refractivity contribution in [1.29, 1.82) is 0 Å². The van der Waals surface area contributed by atoms with Gasteiger partial charge in [0.25, 0.3) is 0 Å². The summed E-state index contributed by atoms with van der Waals surface area (Å²) in [6.07, 6.45) is 7.41. The van der Waals surface area contributed by atoms with Crippen LogP contribution in [-0.4, -0.2) is 29.9 Å². The number of hydrogen-bond donors (Lipinski definition) is 0. The molecule has 0 fully saturated rings. The van der Waals surface area contributed by atoms with Gasteiger partial charge < -0.3 is 14.8 Å². The van der Waals surface area contributed by atoms with Crippen LogP contribution < -0.4 is 56.5 Å². The van der Waals surface area contributed by atoms with Crippen molar-refractivity contribution in [3.8, 4) is 0 Å². The van der Waals surface area contributed by atoms with Gasteiger partial charge in [0.2, 0.25) is 5.91 Å². The Hall–Kier alpha value is 0.316. The summed E-state index contributed by atoms with van der Waals surface area (Å²) in [6, 6.07) is -0.896.